The standard InChI is InChI=1S/C18H21NOS/c1-14-13-21-17(19-14)12-16(20)18(10-6-3-7-11-18)15-8-4-2-5-9-15/h2,4-5,8-9,13H,3,6-7,10-12H2,1H3. The molecule has 3 heteroatoms. The second-order valence-corrected chi connectivity index (χ2v) is 6.93. The van der Waals surface area contributed by atoms with Crippen LogP contribution in [0.1, 0.15) is 48.4 Å². The molecule has 1 fully saturated rings. The molecule has 0 atom stereocenters. The number of thiazole rings is 1. The van der Waals surface area contributed by atoms with Gasteiger partial charge in [0.25, 0.3) is 0 Å². The number of rotatable bonds is 4. The fourth-order valence-corrected chi connectivity index (χ4v) is 4.20. The van der Waals surface area contributed by atoms with Crippen molar-refractivity contribution in [3.63, 3.8) is 0 Å². The van der Waals surface area contributed by atoms with Crippen LogP contribution in [0.15, 0.2) is 35.7 Å². The smallest absolute Gasteiger partial charge is 0.150 e. The van der Waals surface area contributed by atoms with Crippen LogP contribution < -0.4 is 0 Å². The number of benzene rings is 1. The first kappa shape index (κ1) is 14.5. The molecule has 0 radical (unpaired) electrons. The maximum absolute atomic E-state index is 13.1. The topological polar surface area (TPSA) is 30.0 Å². The van der Waals surface area contributed by atoms with Gasteiger partial charge in [0.15, 0.2) is 0 Å². The molecule has 1 aromatic carbocycles. The Morgan fingerprint density at radius 1 is 1.19 bits per heavy atom. The Morgan fingerprint density at radius 2 is 1.90 bits per heavy atom. The zero-order chi connectivity index (χ0) is 14.7. The van der Waals surface area contributed by atoms with Crippen molar-refractivity contribution in [2.24, 2.45) is 0 Å². The Hall–Kier alpha value is -1.48. The molecule has 0 bridgehead atoms. The molecule has 2 nitrogen and oxygen atoms in total. The Morgan fingerprint density at radius 3 is 2.52 bits per heavy atom. The van der Waals surface area contributed by atoms with Gasteiger partial charge in [-0.1, -0.05) is 49.6 Å². The van der Waals surface area contributed by atoms with Crippen molar-refractivity contribution in [2.75, 3.05) is 0 Å². The SMILES string of the molecule is Cc1csc(CC(=O)C2(c3ccccc3)CCCCC2)n1. The second-order valence-electron chi connectivity index (χ2n) is 5.99. The molecule has 1 saturated carbocycles. The van der Waals surface area contributed by atoms with E-state index in [0.717, 1.165) is 36.4 Å². The zero-order valence-electron chi connectivity index (χ0n) is 12.5. The first-order chi connectivity index (χ1) is 10.2. The van der Waals surface area contributed by atoms with Crippen molar-refractivity contribution in [1.82, 2.24) is 4.98 Å². The Balaban J connectivity index is 1.90. The number of ketones is 1. The van der Waals surface area contributed by atoms with Gasteiger partial charge >= 0.3 is 0 Å². The van der Waals surface area contributed by atoms with Crippen molar-refractivity contribution in [3.05, 3.63) is 52.0 Å². The van der Waals surface area contributed by atoms with Crippen LogP contribution in [0.4, 0.5) is 0 Å². The molecular formula is C18H21NOS. The van der Waals surface area contributed by atoms with Gasteiger partial charge in [0.1, 0.15) is 10.8 Å². The lowest BCUT2D eigenvalue weighted by Crippen LogP contribution is -2.39. The van der Waals surface area contributed by atoms with Crippen LogP contribution in [-0.2, 0) is 16.6 Å². The van der Waals surface area contributed by atoms with Crippen LogP contribution in [0.2, 0.25) is 0 Å². The first-order valence-electron chi connectivity index (χ1n) is 7.70. The van der Waals surface area contributed by atoms with Gasteiger partial charge in [-0.3, -0.25) is 4.79 Å². The highest BCUT2D eigenvalue weighted by Crippen LogP contribution is 2.41. The van der Waals surface area contributed by atoms with E-state index in [-0.39, 0.29) is 5.41 Å². The molecular weight excluding hydrogens is 278 g/mol. The molecule has 0 spiro atoms. The second kappa shape index (κ2) is 6.10. The molecule has 3 rings (SSSR count). The van der Waals surface area contributed by atoms with E-state index in [1.165, 1.54) is 12.0 Å². The summed E-state index contributed by atoms with van der Waals surface area (Å²) >= 11 is 1.60. The molecule has 110 valence electrons. The maximum Gasteiger partial charge on any atom is 0.150 e. The van der Waals surface area contributed by atoms with Gasteiger partial charge in [-0.2, -0.15) is 0 Å². The van der Waals surface area contributed by atoms with E-state index in [4.69, 9.17) is 0 Å². The molecule has 21 heavy (non-hydrogen) atoms. The van der Waals surface area contributed by atoms with Gasteiger partial charge in [-0.05, 0) is 25.3 Å². The van der Waals surface area contributed by atoms with E-state index >= 15 is 0 Å². The molecule has 1 aliphatic carbocycles. The number of hydrogen-bond acceptors (Lipinski definition) is 3. The normalized spacial score (nSPS) is 17.6. The molecule has 0 saturated heterocycles. The number of aryl methyl sites for hydroxylation is 1. The number of hydrogen-bond donors (Lipinski definition) is 0. The highest BCUT2D eigenvalue weighted by atomic mass is 32.1. The predicted molar refractivity (Wildman–Crippen MR) is 86.8 cm³/mol. The van der Waals surface area contributed by atoms with Crippen molar-refractivity contribution in [2.45, 2.75) is 50.9 Å². The third-order valence-corrected chi connectivity index (χ3v) is 5.51. The minimum Gasteiger partial charge on any atom is -0.298 e. The van der Waals surface area contributed by atoms with Gasteiger partial charge in [-0.15, -0.1) is 11.3 Å². The average molecular weight is 299 g/mol. The quantitative estimate of drug-likeness (QED) is 0.834. The van der Waals surface area contributed by atoms with Crippen LogP contribution in [0.5, 0.6) is 0 Å². The van der Waals surface area contributed by atoms with Crippen LogP contribution in [0.25, 0.3) is 0 Å². The summed E-state index contributed by atoms with van der Waals surface area (Å²) < 4.78 is 0. The summed E-state index contributed by atoms with van der Waals surface area (Å²) in [5, 5.41) is 2.98. The van der Waals surface area contributed by atoms with Crippen molar-refractivity contribution in [3.8, 4) is 0 Å². The summed E-state index contributed by atoms with van der Waals surface area (Å²) in [6, 6.07) is 10.4. The molecule has 1 aliphatic rings. The molecule has 0 amide bonds. The van der Waals surface area contributed by atoms with E-state index in [2.05, 4.69) is 17.1 Å². The fourth-order valence-electron chi connectivity index (χ4n) is 3.43. The van der Waals surface area contributed by atoms with E-state index in [1.807, 2.05) is 30.5 Å². The Bertz CT molecular complexity index is 611. The van der Waals surface area contributed by atoms with Crippen molar-refractivity contribution >= 4 is 17.1 Å². The summed E-state index contributed by atoms with van der Waals surface area (Å²) in [7, 11) is 0. The molecule has 0 aliphatic heterocycles. The van der Waals surface area contributed by atoms with Gasteiger partial charge < -0.3 is 0 Å². The van der Waals surface area contributed by atoms with E-state index in [1.54, 1.807) is 11.3 Å². The van der Waals surface area contributed by atoms with Gasteiger partial charge in [0.05, 0.1) is 11.8 Å². The number of carbonyl (C=O) groups is 1. The molecule has 0 N–H and O–H groups in total. The van der Waals surface area contributed by atoms with Gasteiger partial charge in [-0.25, -0.2) is 4.98 Å². The molecule has 2 aromatic rings. The van der Waals surface area contributed by atoms with Crippen LogP contribution in [0.3, 0.4) is 0 Å². The van der Waals surface area contributed by atoms with Gasteiger partial charge in [0.2, 0.25) is 0 Å². The maximum atomic E-state index is 13.1. The monoisotopic (exact) mass is 299 g/mol. The number of aromatic nitrogens is 1. The molecule has 1 aromatic heterocycles. The summed E-state index contributed by atoms with van der Waals surface area (Å²) in [6.45, 7) is 1.98. The van der Waals surface area contributed by atoms with E-state index < -0.39 is 0 Å². The summed E-state index contributed by atoms with van der Waals surface area (Å²) in [5.74, 6) is 0.350. The van der Waals surface area contributed by atoms with E-state index in [9.17, 15) is 4.79 Å². The lowest BCUT2D eigenvalue weighted by molar-refractivity contribution is -0.125. The summed E-state index contributed by atoms with van der Waals surface area (Å²) in [6.07, 6.45) is 6.00. The van der Waals surface area contributed by atoms with E-state index in [0.29, 0.717) is 12.2 Å². The lowest BCUT2D eigenvalue weighted by atomic mass is 9.66. The minimum absolute atomic E-state index is 0.279. The highest BCUT2D eigenvalue weighted by molar-refractivity contribution is 7.09. The first-order valence-corrected chi connectivity index (χ1v) is 8.58. The Kier molecular flexibility index (Phi) is 4.20. The van der Waals surface area contributed by atoms with Crippen LogP contribution in [0, 0.1) is 6.92 Å². The van der Waals surface area contributed by atoms with Gasteiger partial charge in [0, 0.05) is 11.1 Å². The summed E-state index contributed by atoms with van der Waals surface area (Å²) in [5.41, 5.74) is 1.93. The lowest BCUT2D eigenvalue weighted by Gasteiger charge is -2.36. The number of nitrogens with zero attached hydrogens (tertiary/aromatic N) is 1. The van der Waals surface area contributed by atoms with Crippen LogP contribution in [-0.4, -0.2) is 10.8 Å². The zero-order valence-corrected chi connectivity index (χ0v) is 13.3. The molecule has 1 heterocycles. The third kappa shape index (κ3) is 2.93. The third-order valence-electron chi connectivity index (χ3n) is 4.55. The van der Waals surface area contributed by atoms with Crippen molar-refractivity contribution in [1.29, 1.82) is 0 Å². The number of carbonyl (C=O) groups excluding carboxylic acids is 1. The highest BCUT2D eigenvalue weighted by Gasteiger charge is 2.40. The average Bonchev–Trinajstić information content (AvgIpc) is 2.94. The Labute approximate surface area is 130 Å². The summed E-state index contributed by atoms with van der Waals surface area (Å²) in [4.78, 5) is 17.5. The number of Topliss-reactive ketones (excluding diaryl/α,β-unsaturated/α-hetero) is 1. The fraction of sp³-hybridized carbons (Fsp3) is 0.444. The van der Waals surface area contributed by atoms with Crippen molar-refractivity contribution < 1.29 is 4.79 Å². The van der Waals surface area contributed by atoms with Crippen LogP contribution >= 0.6 is 11.3 Å². The predicted octanol–water partition coefficient (Wildman–Crippen LogP) is 4.47. The molecule has 0 unspecified atom stereocenters. The largest absolute Gasteiger partial charge is 0.298 e. The minimum atomic E-state index is -0.279.